The Morgan fingerprint density at radius 1 is 1.08 bits per heavy atom. The third-order valence-electron chi connectivity index (χ3n) is 8.77. The van der Waals surface area contributed by atoms with Crippen LogP contribution in [0.1, 0.15) is 78.6 Å². The van der Waals surface area contributed by atoms with E-state index in [1.807, 2.05) is 0 Å². The Morgan fingerprint density at radius 3 is 2.68 bits per heavy atom. The van der Waals surface area contributed by atoms with E-state index in [9.17, 15) is 4.79 Å². The molecule has 4 rings (SSSR count). The first-order valence-corrected chi connectivity index (χ1v) is 10.8. The average molecular weight is 349 g/mol. The summed E-state index contributed by atoms with van der Waals surface area (Å²) in [6.07, 6.45) is 11.3. The molecule has 3 heteroatoms. The zero-order valence-corrected chi connectivity index (χ0v) is 16.4. The van der Waals surface area contributed by atoms with Crippen LogP contribution in [0.2, 0.25) is 0 Å². The maximum Gasteiger partial charge on any atom is 0.306 e. The Balaban J connectivity index is 1.52. The van der Waals surface area contributed by atoms with Gasteiger partial charge in [0.2, 0.25) is 0 Å². The predicted molar refractivity (Wildman–Crippen MR) is 98.1 cm³/mol. The Morgan fingerprint density at radius 2 is 1.88 bits per heavy atom. The van der Waals surface area contributed by atoms with Gasteiger partial charge in [0.1, 0.15) is 0 Å². The van der Waals surface area contributed by atoms with E-state index in [4.69, 9.17) is 9.47 Å². The highest BCUT2D eigenvalue weighted by atomic mass is 16.5. The van der Waals surface area contributed by atoms with Crippen molar-refractivity contribution in [1.82, 2.24) is 0 Å². The largest absolute Gasteiger partial charge is 0.465 e. The van der Waals surface area contributed by atoms with Gasteiger partial charge in [0.05, 0.1) is 19.1 Å². The van der Waals surface area contributed by atoms with E-state index in [-0.39, 0.29) is 11.4 Å². The maximum atomic E-state index is 12.0. The van der Waals surface area contributed by atoms with Crippen molar-refractivity contribution in [2.45, 2.75) is 84.7 Å². The number of esters is 1. The van der Waals surface area contributed by atoms with E-state index in [0.717, 1.165) is 18.4 Å². The molecule has 0 aromatic heterocycles. The van der Waals surface area contributed by atoms with Crippen LogP contribution in [0.5, 0.6) is 0 Å². The maximum absolute atomic E-state index is 12.0. The summed E-state index contributed by atoms with van der Waals surface area (Å²) in [5, 5.41) is 0. The SMILES string of the molecule is CCCCOC1CC[C@H]2[C@@H]3CC[C@H]4COC(=O)C[C@]4(C)[C@H]3CC[C@]12C. The molecule has 0 spiro atoms. The van der Waals surface area contributed by atoms with Gasteiger partial charge < -0.3 is 9.47 Å². The highest BCUT2D eigenvalue weighted by molar-refractivity contribution is 5.71. The van der Waals surface area contributed by atoms with Gasteiger partial charge in [0.15, 0.2) is 0 Å². The molecule has 1 aliphatic heterocycles. The first-order valence-electron chi connectivity index (χ1n) is 10.8. The molecule has 4 fully saturated rings. The predicted octanol–water partition coefficient (Wildman–Crippen LogP) is 4.98. The van der Waals surface area contributed by atoms with Crippen LogP contribution in [0.4, 0.5) is 0 Å². The molecule has 0 radical (unpaired) electrons. The minimum atomic E-state index is 0.0416. The van der Waals surface area contributed by atoms with Gasteiger partial charge in [0.25, 0.3) is 0 Å². The molecule has 142 valence electrons. The summed E-state index contributed by atoms with van der Waals surface area (Å²) in [6.45, 7) is 8.76. The number of hydrogen-bond donors (Lipinski definition) is 0. The van der Waals surface area contributed by atoms with Crippen LogP contribution in [0.15, 0.2) is 0 Å². The minimum Gasteiger partial charge on any atom is -0.465 e. The van der Waals surface area contributed by atoms with Crippen molar-refractivity contribution in [1.29, 1.82) is 0 Å². The van der Waals surface area contributed by atoms with Gasteiger partial charge in [-0.2, -0.15) is 0 Å². The van der Waals surface area contributed by atoms with Crippen molar-refractivity contribution in [2.24, 2.45) is 34.5 Å². The van der Waals surface area contributed by atoms with Crippen molar-refractivity contribution < 1.29 is 14.3 Å². The number of carbonyl (C=O) groups is 1. The summed E-state index contributed by atoms with van der Waals surface area (Å²) < 4.78 is 11.8. The average Bonchev–Trinajstić information content (AvgIpc) is 2.91. The molecule has 4 aliphatic rings. The van der Waals surface area contributed by atoms with E-state index in [0.29, 0.717) is 36.4 Å². The minimum absolute atomic E-state index is 0.0416. The topological polar surface area (TPSA) is 35.5 Å². The van der Waals surface area contributed by atoms with Gasteiger partial charge in [-0.15, -0.1) is 0 Å². The Hall–Kier alpha value is -0.570. The molecular formula is C22H36O3. The van der Waals surface area contributed by atoms with Crippen molar-refractivity contribution >= 4 is 5.97 Å². The van der Waals surface area contributed by atoms with Crippen molar-refractivity contribution in [3.63, 3.8) is 0 Å². The first kappa shape index (κ1) is 17.8. The van der Waals surface area contributed by atoms with Crippen molar-refractivity contribution in [3.8, 4) is 0 Å². The zero-order chi connectivity index (χ0) is 17.7. The number of unbranched alkanes of at least 4 members (excludes halogenated alkanes) is 1. The van der Waals surface area contributed by atoms with Gasteiger partial charge in [0, 0.05) is 6.61 Å². The van der Waals surface area contributed by atoms with Crippen LogP contribution in [0, 0.1) is 34.5 Å². The van der Waals surface area contributed by atoms with Gasteiger partial charge >= 0.3 is 5.97 Å². The lowest BCUT2D eigenvalue weighted by Crippen LogP contribution is -2.55. The van der Waals surface area contributed by atoms with E-state index in [1.165, 1.54) is 51.4 Å². The van der Waals surface area contributed by atoms with Crippen LogP contribution >= 0.6 is 0 Å². The molecular weight excluding hydrogens is 312 g/mol. The molecule has 0 bridgehead atoms. The second kappa shape index (κ2) is 6.55. The smallest absolute Gasteiger partial charge is 0.306 e. The molecule has 1 heterocycles. The Kier molecular flexibility index (Phi) is 4.67. The van der Waals surface area contributed by atoms with E-state index in [2.05, 4.69) is 20.8 Å². The van der Waals surface area contributed by atoms with Gasteiger partial charge in [-0.25, -0.2) is 0 Å². The summed E-state index contributed by atoms with van der Waals surface area (Å²) in [6, 6.07) is 0. The molecule has 0 N–H and O–H groups in total. The number of cyclic esters (lactones) is 1. The van der Waals surface area contributed by atoms with Crippen molar-refractivity contribution in [2.75, 3.05) is 13.2 Å². The molecule has 0 aromatic carbocycles. The van der Waals surface area contributed by atoms with E-state index < -0.39 is 0 Å². The first-order chi connectivity index (χ1) is 12.0. The molecule has 1 unspecified atom stereocenters. The van der Waals surface area contributed by atoms with Gasteiger partial charge in [-0.3, -0.25) is 4.79 Å². The second-order valence-corrected chi connectivity index (χ2v) is 9.85. The number of fused-ring (bicyclic) bond motifs is 5. The lowest BCUT2D eigenvalue weighted by molar-refractivity contribution is -0.180. The van der Waals surface area contributed by atoms with Crippen LogP contribution in [0.3, 0.4) is 0 Å². The highest BCUT2D eigenvalue weighted by Crippen LogP contribution is 2.65. The fraction of sp³-hybridized carbons (Fsp3) is 0.955. The Labute approximate surface area is 153 Å². The monoisotopic (exact) mass is 348 g/mol. The standard InChI is InChI=1S/C22H36O3/c1-4-5-12-24-19-9-8-17-16-7-6-15-14-25-20(23)13-22(15,3)18(16)10-11-21(17,19)2/h15-19H,4-14H2,1-3H3/t15-,16-,17-,18-,19?,21-,22-/m0/s1. The third-order valence-corrected chi connectivity index (χ3v) is 8.77. The molecule has 0 aromatic rings. The lowest BCUT2D eigenvalue weighted by Gasteiger charge is -2.59. The zero-order valence-electron chi connectivity index (χ0n) is 16.4. The highest BCUT2D eigenvalue weighted by Gasteiger charge is 2.61. The van der Waals surface area contributed by atoms with Gasteiger partial charge in [-0.1, -0.05) is 27.2 Å². The molecule has 7 atom stereocenters. The van der Waals surface area contributed by atoms with E-state index in [1.54, 1.807) is 0 Å². The number of hydrogen-bond acceptors (Lipinski definition) is 3. The lowest BCUT2D eigenvalue weighted by atomic mass is 9.46. The van der Waals surface area contributed by atoms with Crippen LogP contribution < -0.4 is 0 Å². The number of ether oxygens (including phenoxy) is 2. The molecule has 0 amide bonds. The molecule has 25 heavy (non-hydrogen) atoms. The number of rotatable bonds is 4. The van der Waals surface area contributed by atoms with Gasteiger partial charge in [-0.05, 0) is 79.4 Å². The summed E-state index contributed by atoms with van der Waals surface area (Å²) in [7, 11) is 0. The fourth-order valence-electron chi connectivity index (χ4n) is 7.24. The fourth-order valence-corrected chi connectivity index (χ4v) is 7.24. The summed E-state index contributed by atoms with van der Waals surface area (Å²) in [5.74, 6) is 2.94. The Bertz CT molecular complexity index is 517. The van der Waals surface area contributed by atoms with Crippen LogP contribution in [0.25, 0.3) is 0 Å². The second-order valence-electron chi connectivity index (χ2n) is 9.85. The normalized spacial score (nSPS) is 49.1. The van der Waals surface area contributed by atoms with Crippen molar-refractivity contribution in [3.05, 3.63) is 0 Å². The molecule has 3 saturated carbocycles. The molecule has 1 saturated heterocycles. The van der Waals surface area contributed by atoms with Crippen LogP contribution in [-0.4, -0.2) is 25.3 Å². The molecule has 3 nitrogen and oxygen atoms in total. The summed E-state index contributed by atoms with van der Waals surface area (Å²) >= 11 is 0. The molecule has 3 aliphatic carbocycles. The quantitative estimate of drug-likeness (QED) is 0.531. The third kappa shape index (κ3) is 2.76. The summed E-state index contributed by atoms with van der Waals surface area (Å²) in [5.41, 5.74) is 0.550. The number of carbonyl (C=O) groups excluding carboxylic acids is 1. The van der Waals surface area contributed by atoms with Crippen LogP contribution in [-0.2, 0) is 14.3 Å². The summed E-state index contributed by atoms with van der Waals surface area (Å²) in [4.78, 5) is 12.0. The van der Waals surface area contributed by atoms with E-state index >= 15 is 0 Å².